The van der Waals surface area contributed by atoms with E-state index in [9.17, 15) is 0 Å². The van der Waals surface area contributed by atoms with E-state index in [1.54, 1.807) is 0 Å². The highest BCUT2D eigenvalue weighted by atomic mass is 32.1. The monoisotopic (exact) mass is 86.0 g/mol. The Morgan fingerprint density at radius 3 is 2.20 bits per heavy atom. The minimum absolute atomic E-state index is 0.144. The maximum Gasteiger partial charge on any atom is 0.127 e. The third-order valence-electron chi connectivity index (χ3n) is 0.156. The van der Waals surface area contributed by atoms with Gasteiger partial charge >= 0.3 is 0 Å². The van der Waals surface area contributed by atoms with Crippen LogP contribution in [0.1, 0.15) is 0 Å². The van der Waals surface area contributed by atoms with Gasteiger partial charge in [0.15, 0.2) is 0 Å². The molecule has 1 N–H and O–H groups in total. The van der Waals surface area contributed by atoms with Gasteiger partial charge in [-0.05, 0) is 4.76 Å². The number of thiocarbonyl (C=S) groups is 1. The van der Waals surface area contributed by atoms with Crippen LogP contribution in [0.3, 0.4) is 0 Å². The molecule has 5 heavy (non-hydrogen) atoms. The molecule has 0 aromatic heterocycles. The van der Waals surface area contributed by atoms with Crippen LogP contribution in [0.25, 0.3) is 0 Å². The van der Waals surface area contributed by atoms with Gasteiger partial charge in [-0.25, -0.2) is 0 Å². The fourth-order valence-corrected chi connectivity index (χ4v) is 0. The summed E-state index contributed by atoms with van der Waals surface area (Å²) in [4.78, 5) is 0. The molecule has 0 amide bonds. The van der Waals surface area contributed by atoms with E-state index in [0.29, 0.717) is 0 Å². The first kappa shape index (κ1) is 5.11. The van der Waals surface area contributed by atoms with Gasteiger partial charge in [0.2, 0.25) is 0 Å². The lowest BCUT2D eigenvalue weighted by atomic mass is 10.1. The molecule has 0 aromatic carbocycles. The van der Waals surface area contributed by atoms with Gasteiger partial charge in [0.05, 0.1) is 6.61 Å². The molecule has 0 spiro atoms. The van der Waals surface area contributed by atoms with E-state index >= 15 is 0 Å². The molecule has 0 aliphatic heterocycles. The van der Waals surface area contributed by atoms with E-state index in [-0.39, 0.29) is 11.4 Å². The van der Waals surface area contributed by atoms with Crippen molar-refractivity contribution in [1.82, 2.24) is 0 Å². The van der Waals surface area contributed by atoms with Crippen LogP contribution in [-0.2, 0) is 0 Å². The van der Waals surface area contributed by atoms with Crippen LogP contribution in [0.5, 0.6) is 0 Å². The Kier molecular flexibility index (Phi) is 2.41. The first-order valence-electron chi connectivity index (χ1n) is 1.16. The molecule has 0 saturated carbocycles. The summed E-state index contributed by atoms with van der Waals surface area (Å²) in [7, 11) is 4.77. The predicted molar refractivity (Wildman–Crippen MR) is 25.4 cm³/mol. The van der Waals surface area contributed by atoms with Gasteiger partial charge in [-0.1, -0.05) is 12.2 Å². The van der Waals surface area contributed by atoms with Gasteiger partial charge in [0.1, 0.15) is 7.85 Å². The Morgan fingerprint density at radius 1 is 2.00 bits per heavy atom. The molecule has 1 nitrogen and oxygen atoms in total. The Morgan fingerprint density at radius 2 is 2.20 bits per heavy atom. The molecule has 0 fully saturated rings. The lowest BCUT2D eigenvalue weighted by Gasteiger charge is -1.77. The second-order valence-corrected chi connectivity index (χ2v) is 1.15. The third-order valence-corrected chi connectivity index (χ3v) is 0.285. The smallest absolute Gasteiger partial charge is 0.127 e. The van der Waals surface area contributed by atoms with Crippen LogP contribution in [0.2, 0.25) is 0 Å². The number of aliphatic hydroxyl groups excluding tert-OH is 1. The molecular weight excluding hydrogens is 82.9 g/mol. The summed E-state index contributed by atoms with van der Waals surface area (Å²) >= 11 is 4.22. The van der Waals surface area contributed by atoms with Gasteiger partial charge in [-0.15, -0.1) is 0 Å². The fraction of sp³-hybridized carbons (Fsp3) is 0.500. The minimum Gasteiger partial charge on any atom is -0.392 e. The molecule has 0 aliphatic carbocycles. The number of hydrogen-bond acceptors (Lipinski definition) is 2. The van der Waals surface area contributed by atoms with Crippen LogP contribution in [0.15, 0.2) is 0 Å². The Labute approximate surface area is 37.4 Å². The van der Waals surface area contributed by atoms with Gasteiger partial charge in [-0.3, -0.25) is 0 Å². The second-order valence-electron chi connectivity index (χ2n) is 0.624. The number of rotatable bonds is 1. The van der Waals surface area contributed by atoms with Crippen LogP contribution >= 0.6 is 12.2 Å². The van der Waals surface area contributed by atoms with Crippen molar-refractivity contribution in [3.8, 4) is 0 Å². The summed E-state index contributed by atoms with van der Waals surface area (Å²) in [6.07, 6.45) is 0. The lowest BCUT2D eigenvalue weighted by molar-refractivity contribution is 0.362. The summed E-state index contributed by atoms with van der Waals surface area (Å²) in [5.74, 6) is 0. The number of hydrogen-bond donors (Lipinski definition) is 1. The zero-order chi connectivity index (χ0) is 4.28. The van der Waals surface area contributed by atoms with E-state index in [4.69, 9.17) is 13.0 Å². The molecule has 0 rings (SSSR count). The molecule has 0 saturated heterocycles. The SMILES string of the molecule is [B]C(=S)CO. The highest BCUT2D eigenvalue weighted by Gasteiger charge is 1.72. The molecule has 0 unspecified atom stereocenters. The molecular formula is C2H3BOS. The summed E-state index contributed by atoms with van der Waals surface area (Å²) in [6, 6.07) is 0. The van der Waals surface area contributed by atoms with Crippen molar-refractivity contribution >= 4 is 24.8 Å². The molecule has 26 valence electrons. The molecule has 0 bridgehead atoms. The predicted octanol–water partition coefficient (Wildman–Crippen LogP) is -0.525. The average molecular weight is 85.9 g/mol. The van der Waals surface area contributed by atoms with E-state index in [2.05, 4.69) is 12.2 Å². The maximum atomic E-state index is 7.88. The van der Waals surface area contributed by atoms with Crippen LogP contribution < -0.4 is 0 Å². The Hall–Kier alpha value is 0.115. The minimum atomic E-state index is -0.185. The molecule has 0 heterocycles. The second kappa shape index (κ2) is 2.36. The summed E-state index contributed by atoms with van der Waals surface area (Å²) in [5, 5.41) is 7.88. The van der Waals surface area contributed by atoms with Crippen molar-refractivity contribution in [3.63, 3.8) is 0 Å². The van der Waals surface area contributed by atoms with Gasteiger partial charge in [-0.2, -0.15) is 0 Å². The molecule has 3 heteroatoms. The van der Waals surface area contributed by atoms with Crippen molar-refractivity contribution in [2.45, 2.75) is 0 Å². The van der Waals surface area contributed by atoms with Crippen LogP contribution in [-0.4, -0.2) is 24.3 Å². The number of aliphatic hydroxyl groups is 1. The van der Waals surface area contributed by atoms with Crippen molar-refractivity contribution in [2.75, 3.05) is 6.61 Å². The average Bonchev–Trinajstić information content (AvgIpc) is 1.38. The van der Waals surface area contributed by atoms with Gasteiger partial charge in [0.25, 0.3) is 0 Å². The summed E-state index contributed by atoms with van der Waals surface area (Å²) in [5.41, 5.74) is 0. The highest BCUT2D eigenvalue weighted by Crippen LogP contribution is 1.58. The first-order chi connectivity index (χ1) is 2.27. The van der Waals surface area contributed by atoms with Crippen molar-refractivity contribution in [2.24, 2.45) is 0 Å². The maximum absolute atomic E-state index is 7.88. The van der Waals surface area contributed by atoms with E-state index in [1.807, 2.05) is 0 Å². The first-order valence-corrected chi connectivity index (χ1v) is 1.57. The Bertz CT molecular complexity index is 44.9. The summed E-state index contributed by atoms with van der Waals surface area (Å²) < 4.78 is 0.144. The van der Waals surface area contributed by atoms with E-state index < -0.39 is 0 Å². The lowest BCUT2D eigenvalue weighted by Crippen LogP contribution is -1.96. The topological polar surface area (TPSA) is 20.2 Å². The largest absolute Gasteiger partial charge is 0.392 e. The third kappa shape index (κ3) is 4.11. The van der Waals surface area contributed by atoms with Crippen molar-refractivity contribution in [1.29, 1.82) is 0 Å². The van der Waals surface area contributed by atoms with E-state index in [0.717, 1.165) is 0 Å². The van der Waals surface area contributed by atoms with Crippen molar-refractivity contribution in [3.05, 3.63) is 0 Å². The van der Waals surface area contributed by atoms with Crippen LogP contribution in [0, 0.1) is 0 Å². The fourth-order valence-electron chi connectivity index (χ4n) is 0. The molecule has 0 aliphatic rings. The highest BCUT2D eigenvalue weighted by molar-refractivity contribution is 7.83. The molecule has 2 radical (unpaired) electrons. The zero-order valence-electron chi connectivity index (χ0n) is 2.64. The van der Waals surface area contributed by atoms with Gasteiger partial charge in [0, 0.05) is 0 Å². The quantitative estimate of drug-likeness (QED) is 0.342. The van der Waals surface area contributed by atoms with E-state index in [1.165, 1.54) is 0 Å². The Balaban J connectivity index is 2.85. The zero-order valence-corrected chi connectivity index (χ0v) is 3.46. The normalized spacial score (nSPS) is 7.40. The standard InChI is InChI=1S/C2H3BOS/c3-2(5)1-4/h4H,1H2. The molecule has 0 atom stereocenters. The van der Waals surface area contributed by atoms with Crippen molar-refractivity contribution < 1.29 is 5.11 Å². The van der Waals surface area contributed by atoms with Crippen LogP contribution in [0.4, 0.5) is 0 Å². The van der Waals surface area contributed by atoms with Gasteiger partial charge < -0.3 is 5.11 Å². The summed E-state index contributed by atoms with van der Waals surface area (Å²) in [6.45, 7) is -0.185. The molecule has 0 aromatic rings.